The van der Waals surface area contributed by atoms with E-state index >= 15 is 0 Å². The molecule has 1 aliphatic rings. The fraction of sp³-hybridized carbons (Fsp3) is 0.0667. The van der Waals surface area contributed by atoms with Gasteiger partial charge in [-0.15, -0.1) is 0 Å². The van der Waals surface area contributed by atoms with Gasteiger partial charge >= 0.3 is 0 Å². The van der Waals surface area contributed by atoms with Gasteiger partial charge in [-0.25, -0.2) is 0 Å². The van der Waals surface area contributed by atoms with Gasteiger partial charge in [0.15, 0.2) is 11.6 Å². The first kappa shape index (κ1) is 24.5. The minimum Gasteiger partial charge on any atom is -0.496 e. The number of benzene rings is 4. The smallest absolute Gasteiger partial charge is 0.259 e. The van der Waals surface area contributed by atoms with Gasteiger partial charge in [-0.2, -0.15) is 0 Å². The highest BCUT2D eigenvalue weighted by molar-refractivity contribution is 6.33. The van der Waals surface area contributed by atoms with Gasteiger partial charge in [0, 0.05) is 11.1 Å². The molecule has 5 rings (SSSR count). The van der Waals surface area contributed by atoms with E-state index in [2.05, 4.69) is 10.6 Å². The van der Waals surface area contributed by atoms with Crippen LogP contribution in [-0.4, -0.2) is 37.6 Å². The first-order chi connectivity index (χ1) is 18.4. The summed E-state index contributed by atoms with van der Waals surface area (Å²) in [6.07, 6.45) is 0. The van der Waals surface area contributed by atoms with Gasteiger partial charge in [-0.1, -0.05) is 48.5 Å². The van der Waals surface area contributed by atoms with Crippen LogP contribution in [0.2, 0.25) is 0 Å². The van der Waals surface area contributed by atoms with E-state index < -0.39 is 23.4 Å². The highest BCUT2D eigenvalue weighted by Gasteiger charge is 2.34. The zero-order chi connectivity index (χ0) is 26.8. The van der Waals surface area contributed by atoms with Crippen LogP contribution in [0.3, 0.4) is 0 Å². The number of ketones is 2. The highest BCUT2D eigenvalue weighted by Crippen LogP contribution is 2.36. The molecule has 188 valence electrons. The Bertz CT molecular complexity index is 1500. The zero-order valence-corrected chi connectivity index (χ0v) is 20.5. The molecule has 2 amide bonds. The number of hydrogen-bond donors (Lipinski definition) is 2. The van der Waals surface area contributed by atoms with Crippen molar-refractivity contribution in [1.29, 1.82) is 0 Å². The van der Waals surface area contributed by atoms with Crippen LogP contribution in [-0.2, 0) is 0 Å². The molecular formula is C30H22N2O6. The van der Waals surface area contributed by atoms with Crippen LogP contribution in [0.5, 0.6) is 11.5 Å². The fourth-order valence-corrected chi connectivity index (χ4v) is 4.49. The number of nitrogens with one attached hydrogen (secondary N) is 2. The molecule has 4 aromatic rings. The van der Waals surface area contributed by atoms with E-state index in [1.807, 2.05) is 0 Å². The Labute approximate surface area is 218 Å². The molecule has 0 radical (unpaired) electrons. The molecule has 0 heterocycles. The largest absolute Gasteiger partial charge is 0.496 e. The van der Waals surface area contributed by atoms with Crippen molar-refractivity contribution in [3.8, 4) is 11.5 Å². The Balaban J connectivity index is 1.51. The Morgan fingerprint density at radius 1 is 0.553 bits per heavy atom. The first-order valence-corrected chi connectivity index (χ1v) is 11.7. The maximum Gasteiger partial charge on any atom is 0.259 e. The summed E-state index contributed by atoms with van der Waals surface area (Å²) >= 11 is 0. The van der Waals surface area contributed by atoms with Crippen LogP contribution < -0.4 is 20.1 Å². The molecule has 38 heavy (non-hydrogen) atoms. The molecule has 0 atom stereocenters. The number of hydrogen-bond acceptors (Lipinski definition) is 6. The van der Waals surface area contributed by atoms with Crippen LogP contribution >= 0.6 is 0 Å². The van der Waals surface area contributed by atoms with Crippen molar-refractivity contribution in [1.82, 2.24) is 0 Å². The average molecular weight is 507 g/mol. The molecule has 0 aromatic heterocycles. The summed E-state index contributed by atoms with van der Waals surface area (Å²) in [6, 6.07) is 22.7. The Morgan fingerprint density at radius 2 is 0.947 bits per heavy atom. The van der Waals surface area contributed by atoms with Gasteiger partial charge in [0.25, 0.3) is 11.8 Å². The molecule has 0 fully saturated rings. The lowest BCUT2D eigenvalue weighted by Gasteiger charge is -2.23. The quantitative estimate of drug-likeness (QED) is 0.336. The third-order valence-corrected chi connectivity index (χ3v) is 6.27. The minimum atomic E-state index is -0.486. The lowest BCUT2D eigenvalue weighted by Crippen LogP contribution is -2.26. The Hall–Kier alpha value is -5.24. The van der Waals surface area contributed by atoms with Crippen LogP contribution in [0.25, 0.3) is 0 Å². The lowest BCUT2D eigenvalue weighted by atomic mass is 9.82. The molecule has 8 nitrogen and oxygen atoms in total. The summed E-state index contributed by atoms with van der Waals surface area (Å²) in [4.78, 5) is 53.4. The number of para-hydroxylation sites is 2. The zero-order valence-electron chi connectivity index (χ0n) is 20.5. The first-order valence-electron chi connectivity index (χ1n) is 11.7. The van der Waals surface area contributed by atoms with Crippen LogP contribution in [0.1, 0.15) is 52.6 Å². The van der Waals surface area contributed by atoms with E-state index in [9.17, 15) is 19.2 Å². The van der Waals surface area contributed by atoms with Crippen molar-refractivity contribution in [2.24, 2.45) is 0 Å². The molecule has 0 bridgehead atoms. The molecular weight excluding hydrogens is 484 g/mol. The summed E-state index contributed by atoms with van der Waals surface area (Å²) in [5, 5.41) is 5.50. The SMILES string of the molecule is COc1ccccc1C(=O)Nc1cccc2c1C(=O)c1cccc(NC(=O)c3ccccc3OC)c1C2=O. The van der Waals surface area contributed by atoms with Crippen molar-refractivity contribution in [2.45, 2.75) is 0 Å². The van der Waals surface area contributed by atoms with Gasteiger partial charge in [0.2, 0.25) is 0 Å². The minimum absolute atomic E-state index is 0.0847. The van der Waals surface area contributed by atoms with Gasteiger partial charge in [-0.05, 0) is 36.4 Å². The summed E-state index contributed by atoms with van der Waals surface area (Å²) in [6.45, 7) is 0. The third-order valence-electron chi connectivity index (χ3n) is 6.27. The third kappa shape index (κ3) is 4.18. The molecule has 0 saturated carbocycles. The molecule has 1 aliphatic carbocycles. The topological polar surface area (TPSA) is 111 Å². The Morgan fingerprint density at radius 3 is 1.34 bits per heavy atom. The molecule has 4 aromatic carbocycles. The average Bonchev–Trinajstić information content (AvgIpc) is 2.95. The van der Waals surface area contributed by atoms with E-state index in [0.29, 0.717) is 11.5 Å². The van der Waals surface area contributed by atoms with E-state index in [0.717, 1.165) is 0 Å². The fourth-order valence-electron chi connectivity index (χ4n) is 4.49. The number of carbonyl (C=O) groups is 4. The van der Waals surface area contributed by atoms with E-state index in [1.54, 1.807) is 72.8 Å². The van der Waals surface area contributed by atoms with Gasteiger partial charge in [0.1, 0.15) is 11.5 Å². The van der Waals surface area contributed by atoms with Gasteiger partial charge in [-0.3, -0.25) is 19.2 Å². The maximum atomic E-state index is 13.7. The lowest BCUT2D eigenvalue weighted by molar-refractivity contribution is 0.0977. The summed E-state index contributed by atoms with van der Waals surface area (Å²) < 4.78 is 10.5. The van der Waals surface area contributed by atoms with E-state index in [4.69, 9.17) is 9.47 Å². The maximum absolute atomic E-state index is 13.7. The van der Waals surface area contributed by atoms with Crippen molar-refractivity contribution in [2.75, 3.05) is 24.9 Å². The highest BCUT2D eigenvalue weighted by atomic mass is 16.5. The number of anilines is 2. The van der Waals surface area contributed by atoms with Crippen molar-refractivity contribution >= 4 is 34.8 Å². The molecule has 0 spiro atoms. The van der Waals surface area contributed by atoms with Crippen molar-refractivity contribution in [3.63, 3.8) is 0 Å². The second-order valence-corrected chi connectivity index (χ2v) is 8.42. The molecule has 0 aliphatic heterocycles. The number of amides is 2. The second-order valence-electron chi connectivity index (χ2n) is 8.42. The second kappa shape index (κ2) is 10.0. The number of fused-ring (bicyclic) bond motifs is 2. The summed E-state index contributed by atoms with van der Waals surface area (Å²) in [5.74, 6) is -1.12. The predicted octanol–water partition coefficient (Wildman–Crippen LogP) is 4.98. The molecule has 0 unspecified atom stereocenters. The standard InChI is InChI=1S/C30H22N2O6/c1-37-23-15-5-3-9-17(23)29(35)31-21-13-7-11-19-25(21)27(33)20-12-8-14-22(26(20)28(19)34)32-30(36)18-10-4-6-16-24(18)38-2/h3-16H,1-2H3,(H,31,35)(H,32,36). The van der Waals surface area contributed by atoms with Crippen molar-refractivity contribution in [3.05, 3.63) is 118 Å². The molecule has 2 N–H and O–H groups in total. The van der Waals surface area contributed by atoms with Crippen LogP contribution in [0.4, 0.5) is 11.4 Å². The summed E-state index contributed by atoms with van der Waals surface area (Å²) in [7, 11) is 2.92. The normalized spacial score (nSPS) is 11.7. The number of rotatable bonds is 6. The van der Waals surface area contributed by atoms with Crippen LogP contribution in [0, 0.1) is 0 Å². The molecule has 8 heteroatoms. The van der Waals surface area contributed by atoms with Crippen LogP contribution in [0.15, 0.2) is 84.9 Å². The monoisotopic (exact) mass is 506 g/mol. The summed E-state index contributed by atoms with van der Waals surface area (Å²) in [5.41, 5.74) is 1.38. The van der Waals surface area contributed by atoms with Gasteiger partial charge < -0.3 is 20.1 Å². The molecule has 0 saturated heterocycles. The predicted molar refractivity (Wildman–Crippen MR) is 142 cm³/mol. The number of carbonyl (C=O) groups excluding carboxylic acids is 4. The number of methoxy groups -OCH3 is 2. The van der Waals surface area contributed by atoms with Gasteiger partial charge in [0.05, 0.1) is 47.8 Å². The number of ether oxygens (including phenoxy) is 2. The van der Waals surface area contributed by atoms with E-state index in [1.165, 1.54) is 26.4 Å². The van der Waals surface area contributed by atoms with Crippen molar-refractivity contribution < 1.29 is 28.7 Å². The van der Waals surface area contributed by atoms with E-state index in [-0.39, 0.29) is 44.8 Å². The Kier molecular flexibility index (Phi) is 6.45.